The summed E-state index contributed by atoms with van der Waals surface area (Å²) in [4.78, 5) is 18.4. The number of carbonyl (C=O) groups excluding carboxylic acids is 1. The Morgan fingerprint density at radius 2 is 1.46 bits per heavy atom. The molecule has 0 radical (unpaired) electrons. The minimum absolute atomic E-state index is 0.155. The average Bonchev–Trinajstić information content (AvgIpc) is 2.76. The molecule has 1 aliphatic rings. The number of hydrogen-bond acceptors (Lipinski definition) is 3. The smallest absolute Gasteiger partial charge is 0.192 e. The van der Waals surface area contributed by atoms with E-state index in [1.807, 2.05) is 36.4 Å². The van der Waals surface area contributed by atoms with E-state index in [-0.39, 0.29) is 5.78 Å². The normalized spacial score (nSPS) is 15.1. The third-order valence-electron chi connectivity index (χ3n) is 5.32. The van der Waals surface area contributed by atoms with Crippen LogP contribution in [-0.4, -0.2) is 41.9 Å². The molecule has 1 heterocycles. The summed E-state index contributed by atoms with van der Waals surface area (Å²) in [7, 11) is 0. The Balaban J connectivity index is 2.05. The van der Waals surface area contributed by atoms with E-state index in [9.17, 15) is 4.79 Å². The first-order valence-electron chi connectivity index (χ1n) is 10.6. The van der Waals surface area contributed by atoms with Crippen LogP contribution < -0.4 is 0 Å². The lowest BCUT2D eigenvalue weighted by Crippen LogP contribution is -2.45. The lowest BCUT2D eigenvalue weighted by Gasteiger charge is -2.40. The third-order valence-corrected chi connectivity index (χ3v) is 5.32. The Morgan fingerprint density at radius 1 is 0.857 bits per heavy atom. The molecule has 0 unspecified atom stereocenters. The van der Waals surface area contributed by atoms with E-state index in [4.69, 9.17) is 0 Å². The lowest BCUT2D eigenvalue weighted by atomic mass is 9.95. The maximum atomic E-state index is 13.5. The van der Waals surface area contributed by atoms with Crippen LogP contribution in [0.4, 0.5) is 0 Å². The van der Waals surface area contributed by atoms with Gasteiger partial charge in [-0.05, 0) is 18.4 Å². The number of benzene rings is 2. The number of hydrogen-bond donors (Lipinski definition) is 0. The fraction of sp³-hybridized carbons (Fsp3) is 0.400. The topological polar surface area (TPSA) is 23.6 Å². The van der Waals surface area contributed by atoms with Crippen LogP contribution >= 0.6 is 0 Å². The van der Waals surface area contributed by atoms with Crippen molar-refractivity contribution >= 4 is 11.5 Å². The van der Waals surface area contributed by atoms with Crippen molar-refractivity contribution in [3.05, 3.63) is 77.4 Å². The molecule has 0 bridgehead atoms. The molecule has 0 saturated carbocycles. The van der Waals surface area contributed by atoms with Crippen LogP contribution in [0.25, 0.3) is 5.70 Å². The molecule has 0 atom stereocenters. The van der Waals surface area contributed by atoms with Crippen LogP contribution in [0.5, 0.6) is 0 Å². The van der Waals surface area contributed by atoms with E-state index in [1.54, 1.807) is 0 Å². The van der Waals surface area contributed by atoms with Crippen molar-refractivity contribution in [1.29, 1.82) is 0 Å². The monoisotopic (exact) mass is 376 g/mol. The molecule has 3 rings (SSSR count). The molecule has 0 fully saturated rings. The van der Waals surface area contributed by atoms with Crippen molar-refractivity contribution in [1.82, 2.24) is 9.80 Å². The summed E-state index contributed by atoms with van der Waals surface area (Å²) in [5, 5.41) is 0. The van der Waals surface area contributed by atoms with Gasteiger partial charge in [-0.25, -0.2) is 0 Å². The van der Waals surface area contributed by atoms with Gasteiger partial charge in [0.2, 0.25) is 0 Å². The minimum atomic E-state index is 0.155. The molecule has 0 aromatic heterocycles. The third kappa shape index (κ3) is 4.90. The highest BCUT2D eigenvalue weighted by Gasteiger charge is 2.29. The van der Waals surface area contributed by atoms with Gasteiger partial charge in [-0.1, -0.05) is 87.4 Å². The number of ketones is 1. The van der Waals surface area contributed by atoms with Crippen LogP contribution in [0, 0.1) is 0 Å². The van der Waals surface area contributed by atoms with Gasteiger partial charge < -0.3 is 4.90 Å². The maximum absolute atomic E-state index is 13.5. The number of carbonyl (C=O) groups is 1. The predicted molar refractivity (Wildman–Crippen MR) is 117 cm³/mol. The van der Waals surface area contributed by atoms with Crippen LogP contribution in [0.2, 0.25) is 0 Å². The second-order valence-corrected chi connectivity index (χ2v) is 7.55. The summed E-state index contributed by atoms with van der Waals surface area (Å²) in [6, 6.07) is 20.1. The van der Waals surface area contributed by atoms with Crippen LogP contribution in [-0.2, 0) is 0 Å². The molecule has 28 heavy (non-hydrogen) atoms. The number of unbranched alkanes of at least 4 members (excludes halogenated alkanes) is 2. The molecule has 0 aliphatic carbocycles. The molecule has 0 saturated heterocycles. The molecule has 2 aromatic rings. The SMILES string of the molecule is CCCCN1CC(C(=O)c2ccccc2)=C(c2ccccc2)N(CCCC)C1. The van der Waals surface area contributed by atoms with E-state index < -0.39 is 0 Å². The van der Waals surface area contributed by atoms with Gasteiger partial charge in [0.1, 0.15) is 0 Å². The molecule has 0 amide bonds. The van der Waals surface area contributed by atoms with E-state index in [2.05, 4.69) is 47.9 Å². The minimum Gasteiger partial charge on any atom is -0.358 e. The fourth-order valence-electron chi connectivity index (χ4n) is 3.81. The Morgan fingerprint density at radius 3 is 2.11 bits per heavy atom. The number of rotatable bonds is 9. The fourth-order valence-corrected chi connectivity index (χ4v) is 3.81. The van der Waals surface area contributed by atoms with Crippen molar-refractivity contribution in [3.63, 3.8) is 0 Å². The van der Waals surface area contributed by atoms with Crippen LogP contribution in [0.3, 0.4) is 0 Å². The van der Waals surface area contributed by atoms with Crippen molar-refractivity contribution in [2.45, 2.75) is 39.5 Å². The summed E-state index contributed by atoms with van der Waals surface area (Å²) >= 11 is 0. The van der Waals surface area contributed by atoms with Crippen LogP contribution in [0.1, 0.15) is 55.5 Å². The van der Waals surface area contributed by atoms with E-state index in [1.165, 1.54) is 6.42 Å². The Kier molecular flexibility index (Phi) is 7.44. The first kappa shape index (κ1) is 20.3. The van der Waals surface area contributed by atoms with Crippen molar-refractivity contribution in [2.75, 3.05) is 26.3 Å². The summed E-state index contributed by atoms with van der Waals surface area (Å²) in [5.41, 5.74) is 3.97. The molecular weight excluding hydrogens is 344 g/mol. The molecular formula is C25H32N2O. The quantitative estimate of drug-likeness (QED) is 0.543. The first-order chi connectivity index (χ1) is 13.7. The van der Waals surface area contributed by atoms with Gasteiger partial charge in [0.05, 0.1) is 12.4 Å². The zero-order chi connectivity index (χ0) is 19.8. The zero-order valence-corrected chi connectivity index (χ0v) is 17.2. The second kappa shape index (κ2) is 10.2. The standard InChI is InChI=1S/C25H32N2O/c1-3-5-17-26-19-23(25(28)22-15-11-8-12-16-22)24(21-13-9-7-10-14-21)27(20-26)18-6-4-2/h7-16H,3-6,17-20H2,1-2H3. The second-order valence-electron chi connectivity index (χ2n) is 7.55. The summed E-state index contributed by atoms with van der Waals surface area (Å²) in [6.45, 7) is 8.08. The molecule has 0 spiro atoms. The molecule has 3 nitrogen and oxygen atoms in total. The average molecular weight is 377 g/mol. The Labute approximate surface area is 169 Å². The van der Waals surface area contributed by atoms with E-state index in [0.717, 1.165) is 68.0 Å². The maximum Gasteiger partial charge on any atom is 0.192 e. The largest absolute Gasteiger partial charge is 0.358 e. The molecule has 1 aliphatic heterocycles. The van der Waals surface area contributed by atoms with E-state index in [0.29, 0.717) is 0 Å². The highest BCUT2D eigenvalue weighted by atomic mass is 16.1. The summed E-state index contributed by atoms with van der Waals surface area (Å²) < 4.78 is 0. The van der Waals surface area contributed by atoms with Gasteiger partial charge in [-0.3, -0.25) is 9.69 Å². The van der Waals surface area contributed by atoms with Gasteiger partial charge in [0, 0.05) is 30.8 Å². The highest BCUT2D eigenvalue weighted by Crippen LogP contribution is 2.30. The van der Waals surface area contributed by atoms with Crippen molar-refractivity contribution in [2.24, 2.45) is 0 Å². The van der Waals surface area contributed by atoms with Gasteiger partial charge in [-0.15, -0.1) is 0 Å². The first-order valence-corrected chi connectivity index (χ1v) is 10.6. The molecule has 148 valence electrons. The lowest BCUT2D eigenvalue weighted by molar-refractivity contribution is 0.0993. The predicted octanol–water partition coefficient (Wildman–Crippen LogP) is 5.46. The molecule has 2 aromatic carbocycles. The summed E-state index contributed by atoms with van der Waals surface area (Å²) in [6.07, 6.45) is 4.61. The van der Waals surface area contributed by atoms with Crippen LogP contribution in [0.15, 0.2) is 66.2 Å². The Bertz CT molecular complexity index is 783. The number of Topliss-reactive ketones (excluding diaryl/α,β-unsaturated/α-hetero) is 1. The van der Waals surface area contributed by atoms with Gasteiger partial charge in [0.25, 0.3) is 0 Å². The number of nitrogens with zero attached hydrogens (tertiary/aromatic N) is 2. The molecule has 0 N–H and O–H groups in total. The zero-order valence-electron chi connectivity index (χ0n) is 17.2. The van der Waals surface area contributed by atoms with Gasteiger partial charge in [-0.2, -0.15) is 0 Å². The molecule has 3 heteroatoms. The van der Waals surface area contributed by atoms with Gasteiger partial charge in [0.15, 0.2) is 5.78 Å². The van der Waals surface area contributed by atoms with Crippen molar-refractivity contribution < 1.29 is 4.79 Å². The highest BCUT2D eigenvalue weighted by molar-refractivity contribution is 6.13. The van der Waals surface area contributed by atoms with Crippen molar-refractivity contribution in [3.8, 4) is 0 Å². The van der Waals surface area contributed by atoms with E-state index >= 15 is 0 Å². The van der Waals surface area contributed by atoms with Gasteiger partial charge >= 0.3 is 0 Å². The Hall–Kier alpha value is -2.39. The summed E-state index contributed by atoms with van der Waals surface area (Å²) in [5.74, 6) is 0.155.